The summed E-state index contributed by atoms with van der Waals surface area (Å²) in [6, 6.07) is 0. The second kappa shape index (κ2) is 6.15. The lowest BCUT2D eigenvalue weighted by Gasteiger charge is -2.38. The van der Waals surface area contributed by atoms with Crippen molar-refractivity contribution in [2.24, 2.45) is 0 Å². The fourth-order valence-corrected chi connectivity index (χ4v) is 8.18. The van der Waals surface area contributed by atoms with Crippen molar-refractivity contribution >= 4 is 8.07 Å². The van der Waals surface area contributed by atoms with Crippen molar-refractivity contribution in [2.45, 2.75) is 58.2 Å². The van der Waals surface area contributed by atoms with Crippen LogP contribution in [0.15, 0.2) is 18.6 Å². The van der Waals surface area contributed by atoms with Crippen LogP contribution in [0, 0.1) is 11.5 Å². The molecular weight excluding hydrogens is 236 g/mol. The molecule has 3 heteroatoms. The van der Waals surface area contributed by atoms with Crippen LogP contribution in [0.3, 0.4) is 0 Å². The van der Waals surface area contributed by atoms with Gasteiger partial charge in [0.1, 0.15) is 13.8 Å². The highest BCUT2D eigenvalue weighted by Crippen LogP contribution is 2.40. The number of rotatable bonds is 3. The van der Waals surface area contributed by atoms with Gasteiger partial charge in [-0.15, -0.1) is 5.54 Å². The number of hydrogen-bond donors (Lipinski definition) is 0. The lowest BCUT2D eigenvalue weighted by molar-refractivity contribution is 0.838. The third kappa shape index (κ3) is 3.00. The normalized spacial score (nSPS) is 11.8. The van der Waals surface area contributed by atoms with Crippen LogP contribution in [0.25, 0.3) is 0 Å². The summed E-state index contributed by atoms with van der Waals surface area (Å²) < 4.78 is 0. The first-order valence-corrected chi connectivity index (χ1v) is 8.93. The molecule has 0 saturated carbocycles. The Morgan fingerprint density at radius 2 is 1.50 bits per heavy atom. The van der Waals surface area contributed by atoms with Crippen LogP contribution < -0.4 is 0 Å². The van der Waals surface area contributed by atoms with Crippen LogP contribution in [0.1, 0.15) is 47.2 Å². The van der Waals surface area contributed by atoms with E-state index in [-0.39, 0.29) is 0 Å². The van der Waals surface area contributed by atoms with Crippen molar-refractivity contribution in [2.75, 3.05) is 0 Å². The monoisotopic (exact) mass is 260 g/mol. The first-order valence-electron chi connectivity index (χ1n) is 6.70. The molecule has 0 aliphatic heterocycles. The first-order chi connectivity index (χ1) is 8.41. The van der Waals surface area contributed by atoms with Gasteiger partial charge in [-0.3, -0.25) is 4.98 Å². The standard InChI is InChI=1S/C15H24N2Si/c1-12(2)18(13(3)4,14(5)6)10-7-15-11-16-8-9-17-15/h8-9,11-14H,1-6H3. The number of aromatic nitrogens is 2. The Hall–Kier alpha value is -1.14. The molecule has 0 N–H and O–H groups in total. The van der Waals surface area contributed by atoms with E-state index in [2.05, 4.69) is 63.0 Å². The van der Waals surface area contributed by atoms with Crippen molar-refractivity contribution in [1.29, 1.82) is 0 Å². The topological polar surface area (TPSA) is 25.8 Å². The van der Waals surface area contributed by atoms with Crippen LogP contribution in [0.5, 0.6) is 0 Å². The highest BCUT2D eigenvalue weighted by atomic mass is 28.3. The molecule has 2 nitrogen and oxygen atoms in total. The SMILES string of the molecule is CC(C)[Si](C#Cc1cnccn1)(C(C)C)C(C)C. The van der Waals surface area contributed by atoms with Gasteiger partial charge in [0, 0.05) is 12.4 Å². The summed E-state index contributed by atoms with van der Waals surface area (Å²) >= 11 is 0. The van der Waals surface area contributed by atoms with Crippen LogP contribution >= 0.6 is 0 Å². The molecule has 1 rings (SSSR count). The van der Waals surface area contributed by atoms with E-state index in [0.29, 0.717) is 16.6 Å². The van der Waals surface area contributed by atoms with E-state index in [1.807, 2.05) is 0 Å². The van der Waals surface area contributed by atoms with Crippen LogP contribution in [-0.4, -0.2) is 18.0 Å². The van der Waals surface area contributed by atoms with Gasteiger partial charge in [0.25, 0.3) is 0 Å². The maximum Gasteiger partial charge on any atom is 0.146 e. The van der Waals surface area contributed by atoms with E-state index in [1.54, 1.807) is 18.6 Å². The van der Waals surface area contributed by atoms with Crippen LogP contribution in [0.4, 0.5) is 0 Å². The summed E-state index contributed by atoms with van der Waals surface area (Å²) in [7, 11) is -1.64. The van der Waals surface area contributed by atoms with Gasteiger partial charge < -0.3 is 0 Å². The second-order valence-electron chi connectivity index (χ2n) is 5.74. The smallest absolute Gasteiger partial charge is 0.146 e. The number of nitrogens with zero attached hydrogens (tertiary/aromatic N) is 2. The molecule has 1 heterocycles. The molecule has 0 spiro atoms. The summed E-state index contributed by atoms with van der Waals surface area (Å²) in [5, 5.41) is 0. The molecule has 0 radical (unpaired) electrons. The lowest BCUT2D eigenvalue weighted by Crippen LogP contribution is -2.43. The minimum Gasteiger partial charge on any atom is -0.260 e. The molecule has 0 amide bonds. The van der Waals surface area contributed by atoms with Crippen molar-refractivity contribution in [3.05, 3.63) is 24.3 Å². The third-order valence-electron chi connectivity index (χ3n) is 3.84. The van der Waals surface area contributed by atoms with Crippen LogP contribution in [-0.2, 0) is 0 Å². The zero-order chi connectivity index (χ0) is 13.8. The van der Waals surface area contributed by atoms with Gasteiger partial charge in [-0.1, -0.05) is 47.5 Å². The predicted octanol–water partition coefficient (Wildman–Crippen LogP) is 4.05. The molecule has 98 valence electrons. The van der Waals surface area contributed by atoms with E-state index in [9.17, 15) is 0 Å². The predicted molar refractivity (Wildman–Crippen MR) is 80.0 cm³/mol. The summed E-state index contributed by atoms with van der Waals surface area (Å²) in [5.74, 6) is 3.27. The Kier molecular flexibility index (Phi) is 5.10. The Balaban J connectivity index is 3.18. The summed E-state index contributed by atoms with van der Waals surface area (Å²) in [4.78, 5) is 8.32. The molecule has 0 aromatic carbocycles. The van der Waals surface area contributed by atoms with Gasteiger partial charge in [-0.05, 0) is 16.6 Å². The van der Waals surface area contributed by atoms with Crippen molar-refractivity contribution in [3.8, 4) is 11.5 Å². The molecular formula is C15H24N2Si. The maximum absolute atomic E-state index is 4.25. The van der Waals surface area contributed by atoms with E-state index in [4.69, 9.17) is 0 Å². The molecule has 0 atom stereocenters. The van der Waals surface area contributed by atoms with Gasteiger partial charge >= 0.3 is 0 Å². The van der Waals surface area contributed by atoms with E-state index in [0.717, 1.165) is 5.69 Å². The minimum atomic E-state index is -1.64. The maximum atomic E-state index is 4.25. The van der Waals surface area contributed by atoms with Gasteiger partial charge in [-0.25, -0.2) is 4.98 Å². The second-order valence-corrected chi connectivity index (χ2v) is 11.3. The molecule has 0 saturated heterocycles. The van der Waals surface area contributed by atoms with E-state index >= 15 is 0 Å². The average molecular weight is 260 g/mol. The van der Waals surface area contributed by atoms with Crippen LogP contribution in [0.2, 0.25) is 16.6 Å². The number of hydrogen-bond acceptors (Lipinski definition) is 2. The Labute approximate surface area is 112 Å². The zero-order valence-corrected chi connectivity index (χ0v) is 13.4. The highest BCUT2D eigenvalue weighted by Gasteiger charge is 2.41. The van der Waals surface area contributed by atoms with Crippen molar-refractivity contribution in [3.63, 3.8) is 0 Å². The molecule has 0 unspecified atom stereocenters. The Bertz CT molecular complexity index is 405. The Morgan fingerprint density at radius 3 is 1.89 bits per heavy atom. The molecule has 0 aliphatic carbocycles. The zero-order valence-electron chi connectivity index (χ0n) is 12.4. The largest absolute Gasteiger partial charge is 0.260 e. The van der Waals surface area contributed by atoms with Gasteiger partial charge in [0.15, 0.2) is 0 Å². The third-order valence-corrected chi connectivity index (χ3v) is 10.1. The fourth-order valence-electron chi connectivity index (χ4n) is 2.97. The van der Waals surface area contributed by atoms with Gasteiger partial charge in [-0.2, -0.15) is 0 Å². The molecule has 0 bridgehead atoms. The quantitative estimate of drug-likeness (QED) is 0.605. The highest BCUT2D eigenvalue weighted by molar-refractivity contribution is 6.90. The van der Waals surface area contributed by atoms with E-state index < -0.39 is 8.07 Å². The van der Waals surface area contributed by atoms with Gasteiger partial charge in [0.05, 0.1) is 6.20 Å². The molecule has 18 heavy (non-hydrogen) atoms. The van der Waals surface area contributed by atoms with Gasteiger partial charge in [0.2, 0.25) is 0 Å². The summed E-state index contributed by atoms with van der Waals surface area (Å²) in [5.41, 5.74) is 6.39. The molecule has 0 fully saturated rings. The lowest BCUT2D eigenvalue weighted by atomic mass is 10.5. The molecule has 1 aromatic rings. The summed E-state index contributed by atoms with van der Waals surface area (Å²) in [6.07, 6.45) is 5.13. The van der Waals surface area contributed by atoms with Crippen molar-refractivity contribution < 1.29 is 0 Å². The molecule has 1 aromatic heterocycles. The summed E-state index contributed by atoms with van der Waals surface area (Å²) in [6.45, 7) is 13.9. The molecule has 0 aliphatic rings. The van der Waals surface area contributed by atoms with E-state index in [1.165, 1.54) is 0 Å². The fraction of sp³-hybridized carbons (Fsp3) is 0.600. The average Bonchev–Trinajstić information content (AvgIpc) is 2.29. The Morgan fingerprint density at radius 1 is 0.944 bits per heavy atom. The minimum absolute atomic E-state index is 0.654. The van der Waals surface area contributed by atoms with Crippen molar-refractivity contribution in [1.82, 2.24) is 9.97 Å². The first kappa shape index (κ1) is 14.9.